The second kappa shape index (κ2) is 7.78. The third-order valence-corrected chi connectivity index (χ3v) is 4.00. The molecule has 0 N–H and O–H groups in total. The smallest absolute Gasteiger partial charge is 0.00748 e. The van der Waals surface area contributed by atoms with E-state index in [0.29, 0.717) is 0 Å². The highest BCUT2D eigenvalue weighted by atomic mass is 32.2. The van der Waals surface area contributed by atoms with E-state index in [0.717, 1.165) is 5.25 Å². The van der Waals surface area contributed by atoms with E-state index in [1.807, 2.05) is 11.8 Å². The number of aryl methyl sites for hydroxylation is 1. The minimum absolute atomic E-state index is 0.750. The van der Waals surface area contributed by atoms with Gasteiger partial charge in [0.1, 0.15) is 0 Å². The summed E-state index contributed by atoms with van der Waals surface area (Å²) in [4.78, 5) is 1.41. The van der Waals surface area contributed by atoms with Gasteiger partial charge in [-0.2, -0.15) is 0 Å². The summed E-state index contributed by atoms with van der Waals surface area (Å²) in [6.07, 6.45) is 6.85. The van der Waals surface area contributed by atoms with Crippen LogP contribution in [0.3, 0.4) is 0 Å². The van der Waals surface area contributed by atoms with Crippen molar-refractivity contribution in [1.29, 1.82) is 0 Å². The van der Waals surface area contributed by atoms with Gasteiger partial charge in [-0.1, -0.05) is 57.2 Å². The van der Waals surface area contributed by atoms with Crippen molar-refractivity contribution in [3.05, 3.63) is 29.8 Å². The molecule has 0 radical (unpaired) electrons. The molecule has 1 aromatic rings. The molecule has 0 fully saturated rings. The molecule has 0 aliphatic carbocycles. The quantitative estimate of drug-likeness (QED) is 0.448. The van der Waals surface area contributed by atoms with Gasteiger partial charge < -0.3 is 0 Å². The average Bonchev–Trinajstić information content (AvgIpc) is 2.28. The molecule has 0 aromatic heterocycles. The Morgan fingerprint density at radius 3 is 2.38 bits per heavy atom. The lowest BCUT2D eigenvalue weighted by Gasteiger charge is -2.10. The number of hydrogen-bond acceptors (Lipinski definition) is 1. The van der Waals surface area contributed by atoms with Crippen LogP contribution in [0.25, 0.3) is 0 Å². The molecular formula is C15H24S. The van der Waals surface area contributed by atoms with Crippen LogP contribution in [0.1, 0.15) is 51.5 Å². The molecule has 0 aliphatic heterocycles. The number of hydrogen-bond donors (Lipinski definition) is 0. The first-order valence-corrected chi connectivity index (χ1v) is 7.33. The Bertz CT molecular complexity index is 276. The van der Waals surface area contributed by atoms with Crippen LogP contribution in [-0.2, 0) is 0 Å². The zero-order valence-electron chi connectivity index (χ0n) is 10.8. The van der Waals surface area contributed by atoms with Crippen LogP contribution in [0.15, 0.2) is 29.2 Å². The molecule has 0 aliphatic rings. The predicted molar refractivity (Wildman–Crippen MR) is 75.3 cm³/mol. The van der Waals surface area contributed by atoms with Crippen LogP contribution < -0.4 is 0 Å². The van der Waals surface area contributed by atoms with E-state index in [-0.39, 0.29) is 0 Å². The summed E-state index contributed by atoms with van der Waals surface area (Å²) < 4.78 is 0. The molecule has 0 nitrogen and oxygen atoms in total. The van der Waals surface area contributed by atoms with Crippen molar-refractivity contribution in [3.63, 3.8) is 0 Å². The van der Waals surface area contributed by atoms with Gasteiger partial charge in [0.2, 0.25) is 0 Å². The van der Waals surface area contributed by atoms with Crippen LogP contribution in [0, 0.1) is 6.92 Å². The van der Waals surface area contributed by atoms with Gasteiger partial charge in [-0.15, -0.1) is 11.8 Å². The normalized spacial score (nSPS) is 12.7. The van der Waals surface area contributed by atoms with Crippen LogP contribution in [-0.4, -0.2) is 5.25 Å². The highest BCUT2D eigenvalue weighted by Crippen LogP contribution is 2.26. The maximum absolute atomic E-state index is 2.34. The van der Waals surface area contributed by atoms with Crippen LogP contribution in [0.4, 0.5) is 0 Å². The van der Waals surface area contributed by atoms with Crippen molar-refractivity contribution < 1.29 is 0 Å². The second-order valence-electron chi connectivity index (χ2n) is 4.59. The van der Waals surface area contributed by atoms with Gasteiger partial charge >= 0.3 is 0 Å². The molecular weight excluding hydrogens is 212 g/mol. The average molecular weight is 236 g/mol. The minimum atomic E-state index is 0.750. The molecule has 0 saturated heterocycles. The maximum Gasteiger partial charge on any atom is 0.00748 e. The maximum atomic E-state index is 2.34. The third-order valence-electron chi connectivity index (χ3n) is 2.82. The second-order valence-corrected chi connectivity index (χ2v) is 6.10. The summed E-state index contributed by atoms with van der Waals surface area (Å²) in [5, 5.41) is 0.750. The minimum Gasteiger partial charge on any atom is -0.123 e. The summed E-state index contributed by atoms with van der Waals surface area (Å²) in [5.74, 6) is 0. The number of benzene rings is 1. The third kappa shape index (κ3) is 5.60. The topological polar surface area (TPSA) is 0 Å². The standard InChI is InChI=1S/C15H24S/c1-4-5-6-7-8-14(3)16-15-11-9-13(2)10-12-15/h9-12,14H,4-8H2,1-3H3. The van der Waals surface area contributed by atoms with Gasteiger partial charge in [-0.05, 0) is 25.5 Å². The van der Waals surface area contributed by atoms with E-state index in [2.05, 4.69) is 45.0 Å². The van der Waals surface area contributed by atoms with Crippen LogP contribution in [0.5, 0.6) is 0 Å². The monoisotopic (exact) mass is 236 g/mol. The SMILES string of the molecule is CCCCCCC(C)Sc1ccc(C)cc1. The number of rotatable bonds is 7. The van der Waals surface area contributed by atoms with E-state index in [1.165, 1.54) is 42.6 Å². The van der Waals surface area contributed by atoms with E-state index >= 15 is 0 Å². The zero-order valence-corrected chi connectivity index (χ0v) is 11.6. The molecule has 1 rings (SSSR count). The van der Waals surface area contributed by atoms with Gasteiger partial charge in [0, 0.05) is 10.1 Å². The first kappa shape index (κ1) is 13.6. The van der Waals surface area contributed by atoms with Gasteiger partial charge in [0.15, 0.2) is 0 Å². The van der Waals surface area contributed by atoms with Crippen molar-refractivity contribution in [2.75, 3.05) is 0 Å². The molecule has 1 atom stereocenters. The highest BCUT2D eigenvalue weighted by molar-refractivity contribution is 7.99. The Hall–Kier alpha value is -0.430. The van der Waals surface area contributed by atoms with Crippen LogP contribution >= 0.6 is 11.8 Å². The van der Waals surface area contributed by atoms with Crippen LogP contribution in [0.2, 0.25) is 0 Å². The molecule has 0 bridgehead atoms. The van der Waals surface area contributed by atoms with Crippen molar-refractivity contribution in [2.45, 2.75) is 63.0 Å². The molecule has 0 heterocycles. The molecule has 0 spiro atoms. The lowest BCUT2D eigenvalue weighted by molar-refractivity contribution is 0.630. The largest absolute Gasteiger partial charge is 0.123 e. The molecule has 0 saturated carbocycles. The summed E-state index contributed by atoms with van der Waals surface area (Å²) in [7, 11) is 0. The van der Waals surface area contributed by atoms with Crippen molar-refractivity contribution in [3.8, 4) is 0 Å². The van der Waals surface area contributed by atoms with E-state index in [1.54, 1.807) is 0 Å². The highest BCUT2D eigenvalue weighted by Gasteiger charge is 2.03. The molecule has 0 amide bonds. The summed E-state index contributed by atoms with van der Waals surface area (Å²) in [5.41, 5.74) is 1.35. The Morgan fingerprint density at radius 1 is 1.06 bits per heavy atom. The predicted octanol–water partition coefficient (Wildman–Crippen LogP) is 5.45. The fourth-order valence-corrected chi connectivity index (χ4v) is 2.81. The lowest BCUT2D eigenvalue weighted by atomic mass is 10.1. The summed E-state index contributed by atoms with van der Waals surface area (Å²) in [6.45, 7) is 6.75. The Labute approximate surface area is 105 Å². The molecule has 1 heteroatoms. The molecule has 90 valence electrons. The molecule has 1 unspecified atom stereocenters. The number of thioether (sulfide) groups is 1. The first-order valence-electron chi connectivity index (χ1n) is 6.45. The Morgan fingerprint density at radius 2 is 1.75 bits per heavy atom. The summed E-state index contributed by atoms with van der Waals surface area (Å²) in [6, 6.07) is 8.88. The molecule has 16 heavy (non-hydrogen) atoms. The van der Waals surface area contributed by atoms with Gasteiger partial charge in [-0.3, -0.25) is 0 Å². The van der Waals surface area contributed by atoms with Gasteiger partial charge in [-0.25, -0.2) is 0 Å². The van der Waals surface area contributed by atoms with Crippen molar-refractivity contribution >= 4 is 11.8 Å². The van der Waals surface area contributed by atoms with Crippen molar-refractivity contribution in [1.82, 2.24) is 0 Å². The van der Waals surface area contributed by atoms with Gasteiger partial charge in [0.05, 0.1) is 0 Å². The van der Waals surface area contributed by atoms with Crippen molar-refractivity contribution in [2.24, 2.45) is 0 Å². The van der Waals surface area contributed by atoms with E-state index < -0.39 is 0 Å². The summed E-state index contributed by atoms with van der Waals surface area (Å²) >= 11 is 2.01. The van der Waals surface area contributed by atoms with Gasteiger partial charge in [0.25, 0.3) is 0 Å². The zero-order chi connectivity index (χ0) is 11.8. The van der Waals surface area contributed by atoms with E-state index in [9.17, 15) is 0 Å². The fraction of sp³-hybridized carbons (Fsp3) is 0.600. The van der Waals surface area contributed by atoms with E-state index in [4.69, 9.17) is 0 Å². The fourth-order valence-electron chi connectivity index (χ4n) is 1.77. The Kier molecular flexibility index (Phi) is 6.63. The molecule has 1 aromatic carbocycles. The lowest BCUT2D eigenvalue weighted by Crippen LogP contribution is -1.95. The number of unbranched alkanes of at least 4 members (excludes halogenated alkanes) is 3. The Balaban J connectivity index is 2.23. The first-order chi connectivity index (χ1) is 7.72.